The Kier molecular flexibility index (Phi) is 3.29. The van der Waals surface area contributed by atoms with Gasteiger partial charge in [0, 0.05) is 6.54 Å². The number of allylic oxidation sites excluding steroid dienone is 1. The highest BCUT2D eigenvalue weighted by Crippen LogP contribution is 1.77. The maximum absolute atomic E-state index is 3.82. The van der Waals surface area contributed by atoms with Gasteiger partial charge in [0.1, 0.15) is 0 Å². The summed E-state index contributed by atoms with van der Waals surface area (Å²) in [6.45, 7) is 8.23. The summed E-state index contributed by atoms with van der Waals surface area (Å²) in [4.78, 5) is 3.82. The lowest BCUT2D eigenvalue weighted by molar-refractivity contribution is 1.14. The van der Waals surface area contributed by atoms with Gasteiger partial charge in [0.2, 0.25) is 0 Å². The van der Waals surface area contributed by atoms with Crippen LogP contribution < -0.4 is 0 Å². The smallest absolute Gasteiger partial charge is 0.0851 e. The maximum Gasteiger partial charge on any atom is 0.0851 e. The normalized spacial score (nSPS) is 10.0. The van der Waals surface area contributed by atoms with Crippen LogP contribution in [0.5, 0.6) is 0 Å². The van der Waals surface area contributed by atoms with E-state index in [1.54, 1.807) is 0 Å². The molecule has 0 aliphatic heterocycles. The largest absolute Gasteiger partial charge is 0.283 e. The summed E-state index contributed by atoms with van der Waals surface area (Å²) in [6, 6.07) is 0. The lowest BCUT2D eigenvalue weighted by Gasteiger charge is -1.78. The van der Waals surface area contributed by atoms with E-state index < -0.39 is 0 Å². The van der Waals surface area contributed by atoms with Crippen molar-refractivity contribution >= 4 is 6.21 Å². The molecule has 39 valence electrons. The Morgan fingerprint density at radius 1 is 1.86 bits per heavy atom. The molecule has 0 unspecified atom stereocenters. The van der Waals surface area contributed by atoms with Crippen LogP contribution in [0.2, 0.25) is 0 Å². The number of hydrogen-bond donors (Lipinski definition) is 0. The van der Waals surface area contributed by atoms with Crippen molar-refractivity contribution in [2.45, 2.75) is 13.8 Å². The first kappa shape index (κ1) is 6.41. The maximum atomic E-state index is 3.82. The molecule has 0 aromatic heterocycles. The van der Waals surface area contributed by atoms with Gasteiger partial charge in [0.05, 0.1) is 6.21 Å². The Morgan fingerprint density at radius 3 is 2.57 bits per heavy atom. The van der Waals surface area contributed by atoms with Crippen molar-refractivity contribution in [2.24, 2.45) is 4.99 Å². The standard InChI is InChI=1S/C6H10N/c1-4-7-5-6(2)3/h2,4H2,1,3H3. The van der Waals surface area contributed by atoms with Crippen molar-refractivity contribution < 1.29 is 0 Å². The second-order valence-corrected chi connectivity index (χ2v) is 1.37. The minimum Gasteiger partial charge on any atom is -0.283 e. The summed E-state index contributed by atoms with van der Waals surface area (Å²) < 4.78 is 0. The van der Waals surface area contributed by atoms with E-state index in [2.05, 4.69) is 17.8 Å². The average molecular weight is 96.2 g/mol. The summed E-state index contributed by atoms with van der Waals surface area (Å²) in [6.07, 6.45) is 2.73. The van der Waals surface area contributed by atoms with Gasteiger partial charge < -0.3 is 0 Å². The lowest BCUT2D eigenvalue weighted by Crippen LogP contribution is -1.73. The molecule has 0 spiro atoms. The summed E-state index contributed by atoms with van der Waals surface area (Å²) in [5.41, 5.74) is 0.891. The molecule has 0 heterocycles. The summed E-state index contributed by atoms with van der Waals surface area (Å²) >= 11 is 0. The molecule has 0 saturated carbocycles. The second kappa shape index (κ2) is 3.59. The molecule has 0 bridgehead atoms. The minimum atomic E-state index is 0.798. The van der Waals surface area contributed by atoms with E-state index in [4.69, 9.17) is 0 Å². The number of rotatable bonds is 2. The van der Waals surface area contributed by atoms with Crippen LogP contribution in [-0.4, -0.2) is 12.8 Å². The molecule has 1 nitrogen and oxygen atoms in total. The molecule has 1 radical (unpaired) electrons. The first-order valence-corrected chi connectivity index (χ1v) is 2.35. The molecule has 0 aromatic rings. The molecule has 0 N–H and O–H groups in total. The van der Waals surface area contributed by atoms with E-state index in [1.165, 1.54) is 0 Å². The third kappa shape index (κ3) is 5.41. The Balaban J connectivity index is 3.26. The third-order valence-corrected chi connectivity index (χ3v) is 0.428. The molecule has 0 fully saturated rings. The summed E-state index contributed by atoms with van der Waals surface area (Å²) in [5.74, 6) is 0. The van der Waals surface area contributed by atoms with Crippen molar-refractivity contribution in [2.75, 3.05) is 6.54 Å². The van der Waals surface area contributed by atoms with Gasteiger partial charge >= 0.3 is 0 Å². The molecule has 0 atom stereocenters. The fourth-order valence-corrected chi connectivity index (χ4v) is 0.214. The monoisotopic (exact) mass is 96.1 g/mol. The van der Waals surface area contributed by atoms with Gasteiger partial charge in [-0.15, -0.1) is 0 Å². The molecule has 0 saturated heterocycles. The molecular weight excluding hydrogens is 86.1 g/mol. The molecule has 0 rings (SSSR count). The van der Waals surface area contributed by atoms with E-state index in [0.717, 1.165) is 12.1 Å². The van der Waals surface area contributed by atoms with Crippen molar-refractivity contribution in [3.63, 3.8) is 0 Å². The zero-order valence-corrected chi connectivity index (χ0v) is 4.86. The SMILES string of the molecule is C=C(C)/[C]=N\CC. The van der Waals surface area contributed by atoms with Crippen LogP contribution in [0.4, 0.5) is 0 Å². The van der Waals surface area contributed by atoms with Gasteiger partial charge in [0.15, 0.2) is 0 Å². The van der Waals surface area contributed by atoms with Crippen molar-refractivity contribution in [3.8, 4) is 0 Å². The fraction of sp³-hybridized carbons (Fsp3) is 0.500. The number of nitrogens with zero attached hydrogens (tertiary/aromatic N) is 1. The molecule has 0 aromatic carbocycles. The highest BCUT2D eigenvalue weighted by Gasteiger charge is 1.70. The van der Waals surface area contributed by atoms with Crippen molar-refractivity contribution in [3.05, 3.63) is 12.2 Å². The van der Waals surface area contributed by atoms with Crippen molar-refractivity contribution in [1.29, 1.82) is 0 Å². The van der Waals surface area contributed by atoms with Gasteiger partial charge in [-0.05, 0) is 19.4 Å². The zero-order valence-electron chi connectivity index (χ0n) is 4.86. The van der Waals surface area contributed by atoms with Crippen LogP contribution >= 0.6 is 0 Å². The predicted molar refractivity (Wildman–Crippen MR) is 32.8 cm³/mol. The molecular formula is C6H10N. The van der Waals surface area contributed by atoms with Crippen LogP contribution in [-0.2, 0) is 0 Å². The predicted octanol–water partition coefficient (Wildman–Crippen LogP) is 1.53. The topological polar surface area (TPSA) is 12.4 Å². The Hall–Kier alpha value is -0.590. The molecule has 0 amide bonds. The Morgan fingerprint density at radius 2 is 2.43 bits per heavy atom. The minimum absolute atomic E-state index is 0.798. The first-order chi connectivity index (χ1) is 3.27. The van der Waals surface area contributed by atoms with Gasteiger partial charge in [0.25, 0.3) is 0 Å². The highest BCUT2D eigenvalue weighted by molar-refractivity contribution is 5.76. The summed E-state index contributed by atoms with van der Waals surface area (Å²) in [5, 5.41) is 0. The third-order valence-electron chi connectivity index (χ3n) is 0.428. The number of aliphatic imine (C=N–C) groups is 1. The van der Waals surface area contributed by atoms with E-state index in [-0.39, 0.29) is 0 Å². The van der Waals surface area contributed by atoms with Gasteiger partial charge in [-0.3, -0.25) is 4.99 Å². The quantitative estimate of drug-likeness (QED) is 0.462. The van der Waals surface area contributed by atoms with Gasteiger partial charge in [-0.25, -0.2) is 0 Å². The second-order valence-electron chi connectivity index (χ2n) is 1.37. The van der Waals surface area contributed by atoms with E-state index in [0.29, 0.717) is 0 Å². The Bertz CT molecular complexity index is 82.2. The van der Waals surface area contributed by atoms with E-state index >= 15 is 0 Å². The molecule has 1 heteroatoms. The molecule has 7 heavy (non-hydrogen) atoms. The summed E-state index contributed by atoms with van der Waals surface area (Å²) in [7, 11) is 0. The van der Waals surface area contributed by atoms with Crippen LogP contribution in [0, 0.1) is 0 Å². The average Bonchev–Trinajstić information content (AvgIpc) is 1.61. The molecule has 0 aliphatic carbocycles. The first-order valence-electron chi connectivity index (χ1n) is 2.35. The van der Waals surface area contributed by atoms with Gasteiger partial charge in [-0.2, -0.15) is 0 Å². The molecule has 0 aliphatic rings. The fourth-order valence-electron chi connectivity index (χ4n) is 0.214. The van der Waals surface area contributed by atoms with Crippen LogP contribution in [0.3, 0.4) is 0 Å². The van der Waals surface area contributed by atoms with Crippen LogP contribution in [0.25, 0.3) is 0 Å². The highest BCUT2D eigenvalue weighted by atomic mass is 14.7. The van der Waals surface area contributed by atoms with Gasteiger partial charge in [-0.1, -0.05) is 6.58 Å². The van der Waals surface area contributed by atoms with Crippen molar-refractivity contribution in [1.82, 2.24) is 0 Å². The van der Waals surface area contributed by atoms with Crippen LogP contribution in [0.15, 0.2) is 17.1 Å². The number of hydrogen-bond acceptors (Lipinski definition) is 1. The zero-order chi connectivity index (χ0) is 5.70. The van der Waals surface area contributed by atoms with Crippen LogP contribution in [0.1, 0.15) is 13.8 Å². The van der Waals surface area contributed by atoms with E-state index in [1.807, 2.05) is 13.8 Å². The Labute approximate surface area is 44.8 Å². The van der Waals surface area contributed by atoms with E-state index in [9.17, 15) is 0 Å². The lowest BCUT2D eigenvalue weighted by atomic mass is 10.4.